The number of piperidine rings is 1. The Morgan fingerprint density at radius 3 is 2.76 bits per heavy atom. The zero-order valence-electron chi connectivity index (χ0n) is 13.7. The second-order valence-electron chi connectivity index (χ2n) is 6.12. The van der Waals surface area contributed by atoms with Crippen LogP contribution in [0.5, 0.6) is 0 Å². The van der Waals surface area contributed by atoms with E-state index in [1.54, 1.807) is 31.2 Å². The van der Waals surface area contributed by atoms with Gasteiger partial charge in [0.2, 0.25) is 0 Å². The lowest BCUT2D eigenvalue weighted by atomic mass is 10.1. The molecule has 1 aromatic heterocycles. The molecular weight excluding hydrogens is 333 g/mol. The first kappa shape index (κ1) is 17.5. The van der Waals surface area contributed by atoms with E-state index in [9.17, 15) is 18.0 Å². The molecule has 8 heteroatoms. The van der Waals surface area contributed by atoms with Crippen LogP contribution >= 0.6 is 0 Å². The molecule has 1 atom stereocenters. The van der Waals surface area contributed by atoms with Crippen molar-refractivity contribution >= 4 is 5.91 Å². The molecule has 2 N–H and O–H groups in total. The first-order valence-corrected chi connectivity index (χ1v) is 8.10. The standard InChI is InChI=1S/C17H19F3N4O/c1-11-5-2-3-7-14(11)24-15(17(18,19)20)13(10-22-24)16(25)23-12-6-4-8-21-9-12/h2-3,5,7,10,12,21H,4,6,8-9H2,1H3,(H,23,25). The van der Waals surface area contributed by atoms with Gasteiger partial charge in [0.25, 0.3) is 5.91 Å². The lowest BCUT2D eigenvalue weighted by molar-refractivity contribution is -0.143. The first-order chi connectivity index (χ1) is 11.9. The Hall–Kier alpha value is -2.35. The lowest BCUT2D eigenvalue weighted by Gasteiger charge is -2.24. The molecule has 1 fully saturated rings. The number of rotatable bonds is 3. The van der Waals surface area contributed by atoms with E-state index in [0.717, 1.165) is 30.3 Å². The highest BCUT2D eigenvalue weighted by Gasteiger charge is 2.41. The molecule has 2 heterocycles. The molecule has 134 valence electrons. The average Bonchev–Trinajstić information content (AvgIpc) is 3.01. The Morgan fingerprint density at radius 2 is 2.12 bits per heavy atom. The van der Waals surface area contributed by atoms with Crippen molar-refractivity contribution in [3.05, 3.63) is 47.3 Å². The second kappa shape index (κ2) is 6.87. The molecule has 5 nitrogen and oxygen atoms in total. The minimum Gasteiger partial charge on any atom is -0.348 e. The Bertz CT molecular complexity index is 763. The van der Waals surface area contributed by atoms with Crippen LogP contribution in [0.2, 0.25) is 0 Å². The Morgan fingerprint density at radius 1 is 1.36 bits per heavy atom. The number of carbonyl (C=O) groups excluding carboxylic acids is 1. The summed E-state index contributed by atoms with van der Waals surface area (Å²) in [6.07, 6.45) is -2.09. The van der Waals surface area contributed by atoms with Crippen LogP contribution in [-0.2, 0) is 6.18 Å². The Labute approximate surface area is 143 Å². The molecule has 0 aliphatic carbocycles. The van der Waals surface area contributed by atoms with Gasteiger partial charge in [-0.15, -0.1) is 0 Å². The third kappa shape index (κ3) is 3.68. The van der Waals surface area contributed by atoms with Gasteiger partial charge in [-0.2, -0.15) is 18.3 Å². The number of aryl methyl sites for hydroxylation is 1. The van der Waals surface area contributed by atoms with Crippen molar-refractivity contribution in [2.75, 3.05) is 13.1 Å². The van der Waals surface area contributed by atoms with E-state index in [1.807, 2.05) is 0 Å². The molecule has 0 radical (unpaired) electrons. The van der Waals surface area contributed by atoms with Gasteiger partial charge in [-0.3, -0.25) is 4.79 Å². The fourth-order valence-corrected chi connectivity index (χ4v) is 3.01. The number of hydrogen-bond donors (Lipinski definition) is 2. The molecular formula is C17H19F3N4O. The van der Waals surface area contributed by atoms with Crippen LogP contribution in [0, 0.1) is 6.92 Å². The van der Waals surface area contributed by atoms with Gasteiger partial charge >= 0.3 is 6.18 Å². The van der Waals surface area contributed by atoms with Crippen LogP contribution in [0.15, 0.2) is 30.5 Å². The maximum Gasteiger partial charge on any atom is 0.434 e. The predicted molar refractivity (Wildman–Crippen MR) is 86.7 cm³/mol. The molecule has 2 aromatic rings. The van der Waals surface area contributed by atoms with Crippen molar-refractivity contribution in [3.8, 4) is 5.69 Å². The summed E-state index contributed by atoms with van der Waals surface area (Å²) in [5.41, 5.74) is -0.572. The van der Waals surface area contributed by atoms with Crippen molar-refractivity contribution in [3.63, 3.8) is 0 Å². The van der Waals surface area contributed by atoms with E-state index < -0.39 is 23.3 Å². The fraction of sp³-hybridized carbons (Fsp3) is 0.412. The Balaban J connectivity index is 1.97. The summed E-state index contributed by atoms with van der Waals surface area (Å²) in [6, 6.07) is 6.44. The van der Waals surface area contributed by atoms with Gasteiger partial charge in [-0.1, -0.05) is 18.2 Å². The van der Waals surface area contributed by atoms with Crippen molar-refractivity contribution in [2.45, 2.75) is 32.0 Å². The molecule has 25 heavy (non-hydrogen) atoms. The number of para-hydroxylation sites is 1. The normalized spacial score (nSPS) is 18.2. The van der Waals surface area contributed by atoms with Gasteiger partial charge in [0.05, 0.1) is 17.4 Å². The summed E-state index contributed by atoms with van der Waals surface area (Å²) in [4.78, 5) is 12.4. The highest BCUT2D eigenvalue weighted by atomic mass is 19.4. The lowest BCUT2D eigenvalue weighted by Crippen LogP contribution is -2.45. The molecule has 1 unspecified atom stereocenters. The summed E-state index contributed by atoms with van der Waals surface area (Å²) >= 11 is 0. The predicted octanol–water partition coefficient (Wildman–Crippen LogP) is 2.68. The molecule has 0 bridgehead atoms. The van der Waals surface area contributed by atoms with Gasteiger partial charge in [-0.05, 0) is 37.9 Å². The smallest absolute Gasteiger partial charge is 0.348 e. The van der Waals surface area contributed by atoms with Gasteiger partial charge in [-0.25, -0.2) is 4.68 Å². The summed E-state index contributed by atoms with van der Waals surface area (Å²) in [5, 5.41) is 9.64. The number of alkyl halides is 3. The fourth-order valence-electron chi connectivity index (χ4n) is 3.01. The zero-order valence-corrected chi connectivity index (χ0v) is 13.7. The molecule has 0 saturated carbocycles. The van der Waals surface area contributed by atoms with E-state index >= 15 is 0 Å². The van der Waals surface area contributed by atoms with Crippen LogP contribution in [0.4, 0.5) is 13.2 Å². The first-order valence-electron chi connectivity index (χ1n) is 8.10. The molecule has 3 rings (SSSR count). The average molecular weight is 352 g/mol. The summed E-state index contributed by atoms with van der Waals surface area (Å²) in [5.74, 6) is -0.749. The summed E-state index contributed by atoms with van der Waals surface area (Å²) in [7, 11) is 0. The molecule has 1 aliphatic rings. The van der Waals surface area contributed by atoms with Crippen LogP contribution < -0.4 is 10.6 Å². The van der Waals surface area contributed by atoms with E-state index in [4.69, 9.17) is 0 Å². The number of amides is 1. The number of aromatic nitrogens is 2. The number of nitrogens with zero attached hydrogens (tertiary/aromatic N) is 2. The third-order valence-electron chi connectivity index (χ3n) is 4.26. The van der Waals surface area contributed by atoms with E-state index in [2.05, 4.69) is 15.7 Å². The van der Waals surface area contributed by atoms with E-state index in [1.165, 1.54) is 0 Å². The van der Waals surface area contributed by atoms with Crippen LogP contribution in [-0.4, -0.2) is 34.8 Å². The topological polar surface area (TPSA) is 59.0 Å². The molecule has 1 aliphatic heterocycles. The minimum absolute atomic E-state index is 0.177. The third-order valence-corrected chi connectivity index (χ3v) is 4.26. The van der Waals surface area contributed by atoms with Crippen LogP contribution in [0.3, 0.4) is 0 Å². The van der Waals surface area contributed by atoms with Crippen LogP contribution in [0.1, 0.15) is 34.5 Å². The Kier molecular flexibility index (Phi) is 4.80. The summed E-state index contributed by atoms with van der Waals surface area (Å²) in [6.45, 7) is 3.11. The van der Waals surface area contributed by atoms with Gasteiger partial charge < -0.3 is 10.6 Å². The largest absolute Gasteiger partial charge is 0.434 e. The molecule has 1 saturated heterocycles. The SMILES string of the molecule is Cc1ccccc1-n1ncc(C(=O)NC2CCCNC2)c1C(F)(F)F. The van der Waals surface area contributed by atoms with Crippen molar-refractivity contribution < 1.29 is 18.0 Å². The number of carbonyl (C=O) groups is 1. The van der Waals surface area contributed by atoms with Crippen molar-refractivity contribution in [1.82, 2.24) is 20.4 Å². The van der Waals surface area contributed by atoms with Gasteiger partial charge in [0, 0.05) is 12.6 Å². The molecule has 1 aromatic carbocycles. The number of benzene rings is 1. The quantitative estimate of drug-likeness (QED) is 0.893. The maximum atomic E-state index is 13.6. The summed E-state index contributed by atoms with van der Waals surface area (Å²) < 4.78 is 41.7. The molecule has 1 amide bonds. The van der Waals surface area contributed by atoms with Crippen molar-refractivity contribution in [1.29, 1.82) is 0 Å². The number of hydrogen-bond acceptors (Lipinski definition) is 3. The highest BCUT2D eigenvalue weighted by molar-refractivity contribution is 5.95. The molecule has 0 spiro atoms. The highest BCUT2D eigenvalue weighted by Crippen LogP contribution is 2.34. The van der Waals surface area contributed by atoms with Crippen LogP contribution in [0.25, 0.3) is 5.69 Å². The second-order valence-corrected chi connectivity index (χ2v) is 6.12. The van der Waals surface area contributed by atoms with E-state index in [0.29, 0.717) is 17.8 Å². The maximum absolute atomic E-state index is 13.6. The minimum atomic E-state index is -4.70. The van der Waals surface area contributed by atoms with E-state index in [-0.39, 0.29) is 6.04 Å². The number of nitrogens with one attached hydrogen (secondary N) is 2. The number of halogens is 3. The van der Waals surface area contributed by atoms with Gasteiger partial charge in [0.1, 0.15) is 0 Å². The van der Waals surface area contributed by atoms with Crippen molar-refractivity contribution in [2.24, 2.45) is 0 Å². The van der Waals surface area contributed by atoms with Gasteiger partial charge in [0.15, 0.2) is 5.69 Å². The zero-order chi connectivity index (χ0) is 18.0. The monoisotopic (exact) mass is 352 g/mol.